The first-order chi connectivity index (χ1) is 12.1. The summed E-state index contributed by atoms with van der Waals surface area (Å²) in [4.78, 5) is 25.0. The summed E-state index contributed by atoms with van der Waals surface area (Å²) in [5.41, 5.74) is -1.42. The quantitative estimate of drug-likeness (QED) is 0.824. The molecular weight excluding hydrogens is 361 g/mol. The molecule has 142 valence electrons. The molecule has 0 bridgehead atoms. The highest BCUT2D eigenvalue weighted by atomic mass is 19.4. The Bertz CT molecular complexity index is 744. The second kappa shape index (κ2) is 6.21. The van der Waals surface area contributed by atoms with E-state index < -0.39 is 60.0 Å². The van der Waals surface area contributed by atoms with E-state index in [-0.39, 0.29) is 18.4 Å². The summed E-state index contributed by atoms with van der Waals surface area (Å²) < 4.78 is 66.7. The molecule has 3 rings (SSSR count). The minimum absolute atomic E-state index is 0.0579. The predicted molar refractivity (Wildman–Crippen MR) is 79.1 cm³/mol. The van der Waals surface area contributed by atoms with Crippen LogP contribution in [0.2, 0.25) is 0 Å². The fourth-order valence-corrected chi connectivity index (χ4v) is 3.86. The molecule has 1 aliphatic heterocycles. The van der Waals surface area contributed by atoms with Gasteiger partial charge in [-0.25, -0.2) is 8.78 Å². The van der Waals surface area contributed by atoms with E-state index >= 15 is 0 Å². The van der Waals surface area contributed by atoms with Crippen molar-refractivity contribution in [2.45, 2.75) is 30.9 Å². The minimum Gasteiger partial charge on any atom is -0.481 e. The van der Waals surface area contributed by atoms with Gasteiger partial charge in [-0.05, 0) is 18.9 Å². The standard InChI is InChI=1S/C17H16F5NO3/c18-9-2-3-11(13(19)6-9)16(4-1-5-16)15(26)23-7-10(14(24)25)12(8-23)17(20,21)22/h2-3,6,10,12H,1,4-5,7-8H2,(H,24,25)/t10-,12-/m1/s1. The second-order valence-corrected chi connectivity index (χ2v) is 6.86. The second-order valence-electron chi connectivity index (χ2n) is 6.86. The van der Waals surface area contributed by atoms with Gasteiger partial charge in [-0.1, -0.05) is 12.5 Å². The molecule has 1 aliphatic carbocycles. The molecule has 1 heterocycles. The van der Waals surface area contributed by atoms with Gasteiger partial charge >= 0.3 is 12.1 Å². The van der Waals surface area contributed by atoms with Crippen molar-refractivity contribution in [1.82, 2.24) is 4.90 Å². The maximum Gasteiger partial charge on any atom is 0.394 e. The molecule has 0 unspecified atom stereocenters. The van der Waals surface area contributed by atoms with Crippen LogP contribution in [0.1, 0.15) is 24.8 Å². The highest BCUT2D eigenvalue weighted by Crippen LogP contribution is 2.48. The van der Waals surface area contributed by atoms with Crippen LogP contribution in [0.5, 0.6) is 0 Å². The van der Waals surface area contributed by atoms with Gasteiger partial charge in [0.2, 0.25) is 5.91 Å². The monoisotopic (exact) mass is 377 g/mol. The fourth-order valence-electron chi connectivity index (χ4n) is 3.86. The summed E-state index contributed by atoms with van der Waals surface area (Å²) >= 11 is 0. The number of carbonyl (C=O) groups excluding carboxylic acids is 1. The van der Waals surface area contributed by atoms with Crippen LogP contribution >= 0.6 is 0 Å². The van der Waals surface area contributed by atoms with Crippen molar-refractivity contribution in [2.24, 2.45) is 11.8 Å². The van der Waals surface area contributed by atoms with Crippen LogP contribution in [0, 0.1) is 23.5 Å². The number of halogens is 5. The van der Waals surface area contributed by atoms with Crippen LogP contribution in [-0.2, 0) is 15.0 Å². The van der Waals surface area contributed by atoms with Gasteiger partial charge in [-0.3, -0.25) is 9.59 Å². The van der Waals surface area contributed by atoms with Gasteiger partial charge in [0, 0.05) is 24.7 Å². The SMILES string of the molecule is O=C(O)[C@@H]1CN(C(=O)C2(c3ccc(F)cc3F)CCC2)C[C@H]1C(F)(F)F. The molecule has 1 aromatic rings. The van der Waals surface area contributed by atoms with Gasteiger partial charge in [0.05, 0.1) is 17.3 Å². The van der Waals surface area contributed by atoms with Crippen LogP contribution in [0.3, 0.4) is 0 Å². The van der Waals surface area contributed by atoms with Gasteiger partial charge in [-0.2, -0.15) is 13.2 Å². The van der Waals surface area contributed by atoms with Crippen molar-refractivity contribution in [3.05, 3.63) is 35.4 Å². The van der Waals surface area contributed by atoms with Crippen molar-refractivity contribution in [1.29, 1.82) is 0 Å². The zero-order chi connectivity index (χ0) is 19.3. The van der Waals surface area contributed by atoms with Crippen LogP contribution in [0.4, 0.5) is 22.0 Å². The maximum atomic E-state index is 14.2. The van der Waals surface area contributed by atoms with Gasteiger partial charge in [0.15, 0.2) is 0 Å². The van der Waals surface area contributed by atoms with E-state index in [0.717, 1.165) is 17.0 Å². The van der Waals surface area contributed by atoms with E-state index in [4.69, 9.17) is 5.11 Å². The number of benzene rings is 1. The molecule has 0 radical (unpaired) electrons. The Morgan fingerprint density at radius 3 is 2.23 bits per heavy atom. The van der Waals surface area contributed by atoms with Crippen LogP contribution in [0.25, 0.3) is 0 Å². The number of rotatable bonds is 3. The van der Waals surface area contributed by atoms with Crippen molar-refractivity contribution >= 4 is 11.9 Å². The molecule has 1 amide bonds. The van der Waals surface area contributed by atoms with Crippen molar-refractivity contribution in [2.75, 3.05) is 13.1 Å². The summed E-state index contributed by atoms with van der Waals surface area (Å²) in [6.07, 6.45) is -3.74. The number of nitrogens with zero attached hydrogens (tertiary/aromatic N) is 1. The van der Waals surface area contributed by atoms with E-state index in [0.29, 0.717) is 12.5 Å². The number of hydrogen-bond acceptors (Lipinski definition) is 2. The molecule has 0 aromatic heterocycles. The molecule has 2 fully saturated rings. The fraction of sp³-hybridized carbons (Fsp3) is 0.529. The lowest BCUT2D eigenvalue weighted by atomic mass is 9.63. The van der Waals surface area contributed by atoms with Crippen LogP contribution in [0.15, 0.2) is 18.2 Å². The third-order valence-corrected chi connectivity index (χ3v) is 5.41. The zero-order valence-corrected chi connectivity index (χ0v) is 13.5. The summed E-state index contributed by atoms with van der Waals surface area (Å²) in [5.74, 6) is -8.03. The Morgan fingerprint density at radius 2 is 1.81 bits per heavy atom. The molecule has 1 saturated carbocycles. The van der Waals surface area contributed by atoms with E-state index in [1.807, 2.05) is 0 Å². The largest absolute Gasteiger partial charge is 0.481 e. The van der Waals surface area contributed by atoms with Gasteiger partial charge in [0.1, 0.15) is 11.6 Å². The Hall–Kier alpha value is -2.19. The average molecular weight is 377 g/mol. The molecule has 9 heteroatoms. The third-order valence-electron chi connectivity index (χ3n) is 5.41. The Balaban J connectivity index is 1.91. The van der Waals surface area contributed by atoms with Gasteiger partial charge in [0.25, 0.3) is 0 Å². The van der Waals surface area contributed by atoms with Crippen molar-refractivity contribution in [3.8, 4) is 0 Å². The van der Waals surface area contributed by atoms with E-state index in [2.05, 4.69) is 0 Å². The Kier molecular flexibility index (Phi) is 4.44. The van der Waals surface area contributed by atoms with Crippen molar-refractivity contribution < 1.29 is 36.6 Å². The zero-order valence-electron chi connectivity index (χ0n) is 13.5. The lowest BCUT2D eigenvalue weighted by Gasteiger charge is -2.43. The van der Waals surface area contributed by atoms with E-state index in [9.17, 15) is 31.5 Å². The number of carbonyl (C=O) groups is 2. The first-order valence-electron chi connectivity index (χ1n) is 8.11. The lowest BCUT2D eigenvalue weighted by molar-refractivity contribution is -0.188. The van der Waals surface area contributed by atoms with E-state index in [1.54, 1.807) is 0 Å². The highest BCUT2D eigenvalue weighted by molar-refractivity contribution is 5.90. The normalized spacial score (nSPS) is 25.0. The van der Waals surface area contributed by atoms with Gasteiger partial charge in [-0.15, -0.1) is 0 Å². The van der Waals surface area contributed by atoms with Crippen LogP contribution < -0.4 is 0 Å². The maximum absolute atomic E-state index is 14.2. The Morgan fingerprint density at radius 1 is 1.15 bits per heavy atom. The lowest BCUT2D eigenvalue weighted by Crippen LogP contribution is -2.51. The summed E-state index contributed by atoms with van der Waals surface area (Å²) in [6.45, 7) is -1.35. The summed E-state index contributed by atoms with van der Waals surface area (Å²) in [6, 6.07) is 2.76. The smallest absolute Gasteiger partial charge is 0.394 e. The number of likely N-dealkylation sites (tertiary alicyclic amines) is 1. The first-order valence-corrected chi connectivity index (χ1v) is 8.11. The molecule has 1 aromatic carbocycles. The average Bonchev–Trinajstić information content (AvgIpc) is 2.93. The number of carboxylic acid groups (broad SMARTS) is 1. The number of alkyl halides is 3. The Labute approximate surface area is 145 Å². The summed E-state index contributed by atoms with van der Waals surface area (Å²) in [7, 11) is 0. The summed E-state index contributed by atoms with van der Waals surface area (Å²) in [5, 5.41) is 9.07. The topological polar surface area (TPSA) is 57.6 Å². The number of aliphatic carboxylic acids is 1. The molecule has 2 atom stereocenters. The van der Waals surface area contributed by atoms with Crippen molar-refractivity contribution in [3.63, 3.8) is 0 Å². The van der Waals surface area contributed by atoms with E-state index in [1.165, 1.54) is 0 Å². The van der Waals surface area contributed by atoms with Gasteiger partial charge < -0.3 is 10.0 Å². The molecule has 1 saturated heterocycles. The molecular formula is C17H16F5NO3. The predicted octanol–water partition coefficient (Wildman–Crippen LogP) is 3.11. The number of carboxylic acids is 1. The molecule has 4 nitrogen and oxygen atoms in total. The molecule has 0 spiro atoms. The highest BCUT2D eigenvalue weighted by Gasteiger charge is 2.57. The molecule has 26 heavy (non-hydrogen) atoms. The minimum atomic E-state index is -4.76. The third kappa shape index (κ3) is 2.93. The molecule has 2 aliphatic rings. The number of amides is 1. The van der Waals surface area contributed by atoms with Crippen LogP contribution in [-0.4, -0.2) is 41.1 Å². The first kappa shape index (κ1) is 18.6. The molecule has 1 N–H and O–H groups in total. The number of hydrogen-bond donors (Lipinski definition) is 1.